The number of rotatable bonds is 7. The molecule has 0 aliphatic carbocycles. The molecule has 10 heteroatoms. The number of likely N-dealkylation sites (tertiary alicyclic amines) is 1. The highest BCUT2D eigenvalue weighted by molar-refractivity contribution is 5.97. The molecule has 6 rings (SSSR count). The van der Waals surface area contributed by atoms with E-state index in [0.717, 1.165) is 43.1 Å². The van der Waals surface area contributed by atoms with Crippen molar-refractivity contribution in [3.63, 3.8) is 0 Å². The van der Waals surface area contributed by atoms with E-state index in [9.17, 15) is 4.79 Å². The summed E-state index contributed by atoms with van der Waals surface area (Å²) in [5, 5.41) is 2.51. The van der Waals surface area contributed by atoms with Gasteiger partial charge in [-0.3, -0.25) is 4.79 Å². The van der Waals surface area contributed by atoms with Gasteiger partial charge in [0.2, 0.25) is 12.5 Å². The van der Waals surface area contributed by atoms with E-state index < -0.39 is 0 Å². The molecule has 3 aliphatic heterocycles. The van der Waals surface area contributed by atoms with E-state index in [2.05, 4.69) is 95.5 Å². The van der Waals surface area contributed by atoms with E-state index in [1.807, 2.05) is 0 Å². The van der Waals surface area contributed by atoms with Crippen molar-refractivity contribution in [1.29, 1.82) is 0 Å². The number of ether oxygens (including phenoxy) is 1. The summed E-state index contributed by atoms with van der Waals surface area (Å²) in [5.74, 6) is 0.736. The zero-order valence-electron chi connectivity index (χ0n) is 26.2. The predicted octanol–water partition coefficient (Wildman–Crippen LogP) is 3.25. The van der Waals surface area contributed by atoms with Crippen LogP contribution in [0.4, 0.5) is 11.5 Å². The van der Waals surface area contributed by atoms with Gasteiger partial charge in [0.05, 0.1) is 18.3 Å². The maximum Gasteiger partial charge on any atom is 0.319 e. The number of hydrogen-bond acceptors (Lipinski definition) is 8. The fourth-order valence-electron chi connectivity index (χ4n) is 7.08. The van der Waals surface area contributed by atoms with Gasteiger partial charge in [0, 0.05) is 55.9 Å². The topological polar surface area (TPSA) is 72.6 Å². The summed E-state index contributed by atoms with van der Waals surface area (Å²) >= 11 is 0. The number of anilines is 2. The molecule has 1 amide bonds. The fourth-order valence-corrected chi connectivity index (χ4v) is 7.08. The van der Waals surface area contributed by atoms with Crippen molar-refractivity contribution in [2.75, 3.05) is 76.8 Å². The SMILES string of the molecule is [C-]#[N+]C[C@H]1CN(c2nc(O[C@H]3CN(C)C[C@@H]3N(C)C)nc3c2CCN(c2cccc4cccc(C)c24)C3)CCN1C(=O)C=C. The largest absolute Gasteiger partial charge is 0.457 e. The number of carbonyl (C=O) groups excluding carboxylic acids is 1. The quantitative estimate of drug-likeness (QED) is 0.305. The second-order valence-corrected chi connectivity index (χ2v) is 12.5. The van der Waals surface area contributed by atoms with Gasteiger partial charge in [0.25, 0.3) is 0 Å². The molecule has 3 atom stereocenters. The van der Waals surface area contributed by atoms with Crippen LogP contribution in [-0.4, -0.2) is 116 Å². The lowest BCUT2D eigenvalue weighted by atomic mass is 9.99. The van der Waals surface area contributed by atoms with Crippen molar-refractivity contribution in [2.45, 2.75) is 38.1 Å². The average Bonchev–Trinajstić information content (AvgIpc) is 3.40. The van der Waals surface area contributed by atoms with Gasteiger partial charge in [0.1, 0.15) is 18.0 Å². The molecule has 0 bridgehead atoms. The van der Waals surface area contributed by atoms with Crippen LogP contribution in [0, 0.1) is 13.5 Å². The van der Waals surface area contributed by atoms with Crippen LogP contribution in [0.2, 0.25) is 0 Å². The molecule has 0 unspecified atom stereocenters. The summed E-state index contributed by atoms with van der Waals surface area (Å²) in [6.45, 7) is 18.5. The molecule has 0 saturated carbocycles. The van der Waals surface area contributed by atoms with Gasteiger partial charge >= 0.3 is 6.01 Å². The minimum absolute atomic E-state index is 0.0572. The van der Waals surface area contributed by atoms with Crippen molar-refractivity contribution in [1.82, 2.24) is 24.7 Å². The molecule has 44 heavy (non-hydrogen) atoms. The number of benzene rings is 2. The Labute approximate surface area is 260 Å². The van der Waals surface area contributed by atoms with Crippen LogP contribution in [-0.2, 0) is 17.8 Å². The molecule has 3 aromatic rings. The van der Waals surface area contributed by atoms with E-state index in [-0.39, 0.29) is 30.6 Å². The van der Waals surface area contributed by atoms with E-state index in [4.69, 9.17) is 21.3 Å². The summed E-state index contributed by atoms with van der Waals surface area (Å²) in [6.07, 6.45) is 2.08. The van der Waals surface area contributed by atoms with Crippen molar-refractivity contribution in [2.24, 2.45) is 0 Å². The van der Waals surface area contributed by atoms with Crippen LogP contribution in [0.25, 0.3) is 15.6 Å². The summed E-state index contributed by atoms with van der Waals surface area (Å²) in [7, 11) is 6.29. The summed E-state index contributed by atoms with van der Waals surface area (Å²) in [6, 6.07) is 13.4. The van der Waals surface area contributed by atoms with Crippen LogP contribution in [0.5, 0.6) is 6.01 Å². The molecule has 2 aromatic carbocycles. The number of hydrogen-bond donors (Lipinski definition) is 0. The maximum atomic E-state index is 12.6. The number of fused-ring (bicyclic) bond motifs is 2. The molecule has 3 aliphatic rings. The Balaban J connectivity index is 1.38. The third-order valence-electron chi connectivity index (χ3n) is 9.34. The maximum absolute atomic E-state index is 12.6. The Morgan fingerprint density at radius 1 is 1.11 bits per heavy atom. The van der Waals surface area contributed by atoms with E-state index in [1.165, 1.54) is 28.1 Å². The van der Waals surface area contributed by atoms with Gasteiger partial charge in [-0.15, -0.1) is 0 Å². The van der Waals surface area contributed by atoms with Gasteiger partial charge in [-0.25, -0.2) is 6.57 Å². The molecule has 2 fully saturated rings. The Bertz CT molecular complexity index is 1590. The van der Waals surface area contributed by atoms with Gasteiger partial charge in [-0.05, 0) is 57.6 Å². The number of nitrogens with zero attached hydrogens (tertiary/aromatic N) is 8. The van der Waals surface area contributed by atoms with Gasteiger partial charge in [-0.1, -0.05) is 36.9 Å². The first-order chi connectivity index (χ1) is 21.3. The first-order valence-electron chi connectivity index (χ1n) is 15.4. The minimum Gasteiger partial charge on any atom is -0.457 e. The molecule has 1 aromatic heterocycles. The van der Waals surface area contributed by atoms with Gasteiger partial charge < -0.3 is 34.1 Å². The first-order valence-corrected chi connectivity index (χ1v) is 15.4. The fraction of sp³-hybridized carbons (Fsp3) is 0.471. The Morgan fingerprint density at radius 3 is 2.66 bits per heavy atom. The number of piperazine rings is 1. The van der Waals surface area contributed by atoms with Gasteiger partial charge in [0.15, 0.2) is 0 Å². The zero-order valence-corrected chi connectivity index (χ0v) is 26.2. The zero-order chi connectivity index (χ0) is 31.0. The summed E-state index contributed by atoms with van der Waals surface area (Å²) in [4.78, 5) is 37.3. The second-order valence-electron chi connectivity index (χ2n) is 12.5. The Kier molecular flexibility index (Phi) is 8.43. The summed E-state index contributed by atoms with van der Waals surface area (Å²) < 4.78 is 6.62. The smallest absolute Gasteiger partial charge is 0.319 e. The standard InChI is InChI=1S/C34H42N8O2/c1-7-31(43)42-17-16-41(19-25(42)18-35-3)33-26-14-15-40(28-13-9-12-24-11-8-10-23(2)32(24)28)20-27(26)36-34(37-33)44-30-22-39(6)21-29(30)38(4)5/h7-13,25,29-30H,1,14-22H2,2,4-6H3/t25-,29-,30-/m0/s1. The van der Waals surface area contributed by atoms with E-state index in [1.54, 1.807) is 4.90 Å². The highest BCUT2D eigenvalue weighted by Gasteiger charge is 2.37. The molecule has 230 valence electrons. The molecular weight excluding hydrogens is 552 g/mol. The summed E-state index contributed by atoms with van der Waals surface area (Å²) in [5.41, 5.74) is 4.58. The van der Waals surface area contributed by atoms with Crippen molar-refractivity contribution in [3.05, 3.63) is 77.3 Å². The third kappa shape index (κ3) is 5.70. The van der Waals surface area contributed by atoms with Crippen LogP contribution in [0.3, 0.4) is 0 Å². The van der Waals surface area contributed by atoms with Crippen molar-refractivity contribution >= 4 is 28.2 Å². The van der Waals surface area contributed by atoms with Crippen LogP contribution < -0.4 is 14.5 Å². The molecule has 0 spiro atoms. The van der Waals surface area contributed by atoms with Gasteiger partial charge in [-0.2, -0.15) is 9.97 Å². The van der Waals surface area contributed by atoms with E-state index >= 15 is 0 Å². The van der Waals surface area contributed by atoms with Crippen molar-refractivity contribution < 1.29 is 9.53 Å². The molecule has 2 saturated heterocycles. The lowest BCUT2D eigenvalue weighted by Gasteiger charge is -2.41. The Hall–Kier alpha value is -4.20. The minimum atomic E-state index is -0.234. The molecule has 10 nitrogen and oxygen atoms in total. The van der Waals surface area contributed by atoms with Crippen LogP contribution in [0.1, 0.15) is 16.8 Å². The number of aromatic nitrogens is 2. The Morgan fingerprint density at radius 2 is 1.91 bits per heavy atom. The monoisotopic (exact) mass is 594 g/mol. The van der Waals surface area contributed by atoms with E-state index in [0.29, 0.717) is 32.2 Å². The lowest BCUT2D eigenvalue weighted by Crippen LogP contribution is -2.56. The normalized spacial score (nSPS) is 22.3. The number of aryl methyl sites for hydroxylation is 1. The average molecular weight is 595 g/mol. The molecule has 4 heterocycles. The predicted molar refractivity (Wildman–Crippen MR) is 174 cm³/mol. The number of amides is 1. The highest BCUT2D eigenvalue weighted by atomic mass is 16.5. The highest BCUT2D eigenvalue weighted by Crippen LogP contribution is 2.36. The molecular formula is C34H42N8O2. The second kappa shape index (κ2) is 12.4. The van der Waals surface area contributed by atoms with Crippen LogP contribution >= 0.6 is 0 Å². The number of likely N-dealkylation sites (N-methyl/N-ethyl adjacent to an activating group) is 2. The third-order valence-corrected chi connectivity index (χ3v) is 9.34. The lowest BCUT2D eigenvalue weighted by molar-refractivity contribution is -0.128. The molecule has 0 radical (unpaired) electrons. The first kappa shape index (κ1) is 29.9. The molecule has 0 N–H and O–H groups in total. The van der Waals surface area contributed by atoms with Crippen LogP contribution in [0.15, 0.2) is 49.1 Å². The number of carbonyl (C=O) groups is 1. The van der Waals surface area contributed by atoms with Crippen molar-refractivity contribution in [3.8, 4) is 6.01 Å².